The van der Waals surface area contributed by atoms with Gasteiger partial charge in [0.15, 0.2) is 5.82 Å². The number of rotatable bonds is 7. The van der Waals surface area contributed by atoms with E-state index >= 15 is 0 Å². The predicted octanol–water partition coefficient (Wildman–Crippen LogP) is 5.49. The molecule has 0 bridgehead atoms. The summed E-state index contributed by atoms with van der Waals surface area (Å²) in [4.78, 5) is 19.2. The number of aromatic nitrogens is 2. The Morgan fingerprint density at radius 3 is 2.57 bits per heavy atom. The molecule has 2 unspecified atom stereocenters. The third kappa shape index (κ3) is 4.89. The molecular formula is C20H23ClN3O3P. The van der Waals surface area contributed by atoms with Crippen LogP contribution in [-0.4, -0.2) is 28.0 Å². The van der Waals surface area contributed by atoms with Crippen molar-refractivity contribution in [2.45, 2.75) is 32.5 Å². The number of halogens is 1. The molecule has 0 fully saturated rings. The van der Waals surface area contributed by atoms with Gasteiger partial charge in [0.1, 0.15) is 5.82 Å². The highest BCUT2D eigenvalue weighted by atomic mass is 35.5. The van der Waals surface area contributed by atoms with Crippen molar-refractivity contribution in [3.05, 3.63) is 53.1 Å². The van der Waals surface area contributed by atoms with Gasteiger partial charge in [-0.15, -0.1) is 0 Å². The number of hydrogen-bond acceptors (Lipinski definition) is 5. The highest BCUT2D eigenvalue weighted by Crippen LogP contribution is 2.47. The maximum atomic E-state index is 12.3. The molecule has 3 rings (SSSR count). The highest BCUT2D eigenvalue weighted by molar-refractivity contribution is 7.52. The van der Waals surface area contributed by atoms with Crippen LogP contribution in [0.15, 0.2) is 42.5 Å². The third-order valence-corrected chi connectivity index (χ3v) is 6.10. The second-order valence-corrected chi connectivity index (χ2v) is 8.86. The van der Waals surface area contributed by atoms with Crippen molar-refractivity contribution >= 4 is 35.9 Å². The van der Waals surface area contributed by atoms with Crippen molar-refractivity contribution in [3.63, 3.8) is 0 Å². The molecule has 3 aromatic rings. The van der Waals surface area contributed by atoms with Gasteiger partial charge in [-0.25, -0.2) is 9.97 Å². The second-order valence-electron chi connectivity index (χ2n) is 6.62. The molecule has 0 spiro atoms. The summed E-state index contributed by atoms with van der Waals surface area (Å²) in [6.07, 6.45) is 0.396. The number of nitrogens with zero attached hydrogens (tertiary/aromatic N) is 2. The summed E-state index contributed by atoms with van der Waals surface area (Å²) in [7, 11) is -1.88. The number of hydrogen-bond donors (Lipinski definition) is 2. The van der Waals surface area contributed by atoms with Crippen molar-refractivity contribution in [1.82, 2.24) is 9.97 Å². The molecule has 1 heterocycles. The molecule has 0 aliphatic heterocycles. The summed E-state index contributed by atoms with van der Waals surface area (Å²) in [5, 5.41) is 4.55. The topological polar surface area (TPSA) is 84.3 Å². The van der Waals surface area contributed by atoms with Crippen LogP contribution in [0.4, 0.5) is 5.82 Å². The molecule has 6 nitrogen and oxygen atoms in total. The molecule has 0 saturated heterocycles. The quantitative estimate of drug-likeness (QED) is 0.492. The molecule has 1 aromatic heterocycles. The van der Waals surface area contributed by atoms with Crippen LogP contribution in [0, 0.1) is 0 Å². The molecule has 0 saturated carbocycles. The number of anilines is 1. The van der Waals surface area contributed by atoms with E-state index in [1.54, 1.807) is 32.2 Å². The van der Waals surface area contributed by atoms with E-state index in [4.69, 9.17) is 16.1 Å². The first-order chi connectivity index (χ1) is 13.3. The van der Waals surface area contributed by atoms with Crippen molar-refractivity contribution in [1.29, 1.82) is 0 Å². The van der Waals surface area contributed by atoms with E-state index in [9.17, 15) is 9.46 Å². The third-order valence-electron chi connectivity index (χ3n) is 4.41. The van der Waals surface area contributed by atoms with Crippen molar-refractivity contribution < 1.29 is 14.0 Å². The van der Waals surface area contributed by atoms with Gasteiger partial charge in [0.2, 0.25) is 0 Å². The lowest BCUT2D eigenvalue weighted by atomic mass is 10.1. The summed E-state index contributed by atoms with van der Waals surface area (Å²) >= 11 is 6.08. The highest BCUT2D eigenvalue weighted by Gasteiger charge is 2.22. The van der Waals surface area contributed by atoms with Crippen molar-refractivity contribution in [3.8, 4) is 11.4 Å². The van der Waals surface area contributed by atoms with Crippen LogP contribution in [0.25, 0.3) is 22.3 Å². The normalized spacial score (nSPS) is 14.6. The van der Waals surface area contributed by atoms with E-state index < -0.39 is 7.60 Å². The zero-order valence-electron chi connectivity index (χ0n) is 16.0. The molecule has 2 atom stereocenters. The smallest absolute Gasteiger partial charge is 0.332 e. The van der Waals surface area contributed by atoms with E-state index in [-0.39, 0.29) is 12.3 Å². The van der Waals surface area contributed by atoms with Gasteiger partial charge in [-0.3, -0.25) is 4.57 Å². The summed E-state index contributed by atoms with van der Waals surface area (Å²) in [5.74, 6) is 1.25. The maximum Gasteiger partial charge on any atom is 0.332 e. The lowest BCUT2D eigenvalue weighted by Crippen LogP contribution is -2.05. The average molecular weight is 420 g/mol. The van der Waals surface area contributed by atoms with Gasteiger partial charge < -0.3 is 14.7 Å². The van der Waals surface area contributed by atoms with Gasteiger partial charge in [-0.05, 0) is 37.1 Å². The van der Waals surface area contributed by atoms with E-state index in [0.717, 1.165) is 22.0 Å². The van der Waals surface area contributed by atoms with Gasteiger partial charge in [0.05, 0.1) is 17.8 Å². The molecule has 8 heteroatoms. The Balaban J connectivity index is 1.87. The van der Waals surface area contributed by atoms with Crippen LogP contribution in [0.1, 0.15) is 25.8 Å². The lowest BCUT2D eigenvalue weighted by molar-refractivity contribution is 0.185. The average Bonchev–Trinajstić information content (AvgIpc) is 2.67. The van der Waals surface area contributed by atoms with Gasteiger partial charge in [0, 0.05) is 23.0 Å². The largest absolute Gasteiger partial charge is 0.373 e. The van der Waals surface area contributed by atoms with Crippen LogP contribution in [0.3, 0.4) is 0 Å². The first-order valence-electron chi connectivity index (χ1n) is 9.06. The molecule has 148 valence electrons. The molecule has 0 amide bonds. The fourth-order valence-electron chi connectivity index (χ4n) is 2.80. The van der Waals surface area contributed by atoms with Crippen LogP contribution in [0.2, 0.25) is 5.02 Å². The fraction of sp³-hybridized carbons (Fsp3) is 0.300. The fourth-order valence-corrected chi connectivity index (χ4v) is 4.43. The number of fused-ring (bicyclic) bond motifs is 1. The van der Waals surface area contributed by atoms with E-state index in [1.807, 2.05) is 31.2 Å². The van der Waals surface area contributed by atoms with E-state index in [1.165, 1.54) is 0 Å². The zero-order chi connectivity index (χ0) is 20.3. The van der Waals surface area contributed by atoms with Crippen LogP contribution < -0.4 is 5.32 Å². The predicted molar refractivity (Wildman–Crippen MR) is 114 cm³/mol. The van der Waals surface area contributed by atoms with Crippen molar-refractivity contribution in [2.75, 3.05) is 12.4 Å². The van der Waals surface area contributed by atoms with Gasteiger partial charge in [-0.1, -0.05) is 42.8 Å². The van der Waals surface area contributed by atoms with E-state index in [0.29, 0.717) is 23.1 Å². The van der Waals surface area contributed by atoms with Gasteiger partial charge in [-0.2, -0.15) is 0 Å². The summed E-state index contributed by atoms with van der Waals surface area (Å²) in [5.41, 5.74) is 2.32. The van der Waals surface area contributed by atoms with Crippen LogP contribution >= 0.6 is 19.2 Å². The number of benzene rings is 2. The Hall–Kier alpha value is -1.98. The first kappa shape index (κ1) is 20.7. The monoisotopic (exact) mass is 419 g/mol. The molecule has 2 N–H and O–H groups in total. The Kier molecular flexibility index (Phi) is 6.36. The minimum atomic E-state index is -3.68. The Morgan fingerprint density at radius 1 is 1.21 bits per heavy atom. The Labute approximate surface area is 169 Å². The Bertz CT molecular complexity index is 1030. The summed E-state index contributed by atoms with van der Waals surface area (Å²) < 4.78 is 17.5. The molecule has 2 aromatic carbocycles. The molecule has 28 heavy (non-hydrogen) atoms. The van der Waals surface area contributed by atoms with Crippen LogP contribution in [0.5, 0.6) is 0 Å². The zero-order valence-corrected chi connectivity index (χ0v) is 17.7. The molecule has 0 aliphatic carbocycles. The second kappa shape index (κ2) is 8.58. The summed E-state index contributed by atoms with van der Waals surface area (Å²) in [6.45, 7) is 3.70. The molecular weight excluding hydrogens is 397 g/mol. The van der Waals surface area contributed by atoms with Gasteiger partial charge >= 0.3 is 7.60 Å². The Morgan fingerprint density at radius 2 is 1.93 bits per heavy atom. The van der Waals surface area contributed by atoms with Gasteiger partial charge in [0.25, 0.3) is 0 Å². The van der Waals surface area contributed by atoms with Crippen molar-refractivity contribution in [2.24, 2.45) is 0 Å². The number of nitrogens with one attached hydrogen (secondary N) is 1. The minimum absolute atomic E-state index is 0.0313. The maximum absolute atomic E-state index is 12.3. The first-order valence-corrected chi connectivity index (χ1v) is 11.2. The van der Waals surface area contributed by atoms with E-state index in [2.05, 4.69) is 15.3 Å². The molecule has 0 radical (unpaired) electrons. The minimum Gasteiger partial charge on any atom is -0.373 e. The molecule has 0 aliphatic rings. The van der Waals surface area contributed by atoms with Crippen LogP contribution in [-0.2, 0) is 15.3 Å². The standard InChI is InChI=1S/C20H23ClN3O3P/c1-4-13(2)27-28(25,26)12-14-5-7-15(8-6-14)19-23-18-10-9-16(21)11-17(18)20(22-3)24-19/h5-11,13H,4,12H2,1-3H3,(H,25,26)(H,22,23,24). The summed E-state index contributed by atoms with van der Waals surface area (Å²) in [6, 6.07) is 12.8. The lowest BCUT2D eigenvalue weighted by Gasteiger charge is -2.16. The SMILES string of the molecule is CCC(C)OP(=O)(O)Cc1ccc(-c2nc(NC)c3cc(Cl)ccc3n2)cc1.